The van der Waals surface area contributed by atoms with Crippen LogP contribution in [0.4, 0.5) is 0 Å². The van der Waals surface area contributed by atoms with Crippen molar-refractivity contribution < 1.29 is 0 Å². The Balaban J connectivity index is 1.96. The molecule has 0 atom stereocenters. The summed E-state index contributed by atoms with van der Waals surface area (Å²) in [6.45, 7) is 2.33. The van der Waals surface area contributed by atoms with Gasteiger partial charge >= 0.3 is 0 Å². The monoisotopic (exact) mass is 199 g/mol. The lowest BCUT2D eigenvalue weighted by atomic mass is 9.92. The molecule has 0 aromatic carbocycles. The van der Waals surface area contributed by atoms with Crippen LogP contribution in [0.15, 0.2) is 0 Å². The maximum atomic E-state index is 5.86. The fraction of sp³-hybridized carbons (Fsp3) is 1.00. The first-order valence-electron chi connectivity index (χ1n) is 5.82. The lowest BCUT2D eigenvalue weighted by molar-refractivity contribution is 0.330. The van der Waals surface area contributed by atoms with Gasteiger partial charge in [0.15, 0.2) is 0 Å². The van der Waals surface area contributed by atoms with Gasteiger partial charge in [-0.2, -0.15) is 0 Å². The van der Waals surface area contributed by atoms with Crippen LogP contribution >= 0.6 is 0 Å². The number of rotatable bonds is 5. The van der Waals surface area contributed by atoms with E-state index >= 15 is 0 Å². The molecule has 0 saturated heterocycles. The number of hydrogen-bond donors (Lipinski definition) is 2. The van der Waals surface area contributed by atoms with Crippen molar-refractivity contribution >= 4 is 0 Å². The van der Waals surface area contributed by atoms with Gasteiger partial charge in [0.1, 0.15) is 0 Å². The third-order valence-corrected chi connectivity index (χ3v) is 2.99. The van der Waals surface area contributed by atoms with Gasteiger partial charge in [-0.15, -0.1) is 0 Å². The minimum absolute atomic E-state index is 0.467. The molecule has 3 nitrogen and oxygen atoms in total. The molecule has 1 fully saturated rings. The van der Waals surface area contributed by atoms with Crippen molar-refractivity contribution in [3.63, 3.8) is 0 Å². The lowest BCUT2D eigenvalue weighted by Crippen LogP contribution is -2.38. The van der Waals surface area contributed by atoms with Crippen molar-refractivity contribution in [3.05, 3.63) is 0 Å². The second-order valence-electron chi connectivity index (χ2n) is 4.72. The van der Waals surface area contributed by atoms with E-state index in [-0.39, 0.29) is 0 Å². The number of nitrogens with two attached hydrogens (primary N) is 1. The summed E-state index contributed by atoms with van der Waals surface area (Å²) < 4.78 is 0. The summed E-state index contributed by atoms with van der Waals surface area (Å²) in [6.07, 6.45) is 6.18. The van der Waals surface area contributed by atoms with E-state index in [2.05, 4.69) is 24.3 Å². The second-order valence-corrected chi connectivity index (χ2v) is 4.72. The minimum atomic E-state index is 0.467. The third-order valence-electron chi connectivity index (χ3n) is 2.99. The Labute approximate surface area is 88.0 Å². The molecule has 0 aromatic heterocycles. The van der Waals surface area contributed by atoms with Crippen molar-refractivity contribution in [1.82, 2.24) is 10.2 Å². The average molecular weight is 199 g/mol. The summed E-state index contributed by atoms with van der Waals surface area (Å²) in [7, 11) is 4.25. The Kier molecular flexibility index (Phi) is 5.45. The molecule has 0 spiro atoms. The highest BCUT2D eigenvalue weighted by Gasteiger charge is 2.17. The topological polar surface area (TPSA) is 41.3 Å². The number of nitrogens with zero attached hydrogens (tertiary/aromatic N) is 1. The molecular formula is C11H25N3. The minimum Gasteiger partial charge on any atom is -0.328 e. The molecule has 1 aliphatic rings. The first kappa shape index (κ1) is 12.0. The Morgan fingerprint density at radius 3 is 2.43 bits per heavy atom. The molecule has 0 unspecified atom stereocenters. The van der Waals surface area contributed by atoms with Gasteiger partial charge < -0.3 is 16.0 Å². The maximum absolute atomic E-state index is 5.86. The Morgan fingerprint density at radius 2 is 1.86 bits per heavy atom. The molecule has 1 saturated carbocycles. The van der Waals surface area contributed by atoms with Crippen LogP contribution in [0.3, 0.4) is 0 Å². The van der Waals surface area contributed by atoms with Gasteiger partial charge in [0.25, 0.3) is 0 Å². The normalized spacial score (nSPS) is 28.3. The fourth-order valence-corrected chi connectivity index (χ4v) is 2.02. The smallest absolute Gasteiger partial charge is 0.00682 e. The van der Waals surface area contributed by atoms with Crippen LogP contribution in [0.2, 0.25) is 0 Å². The van der Waals surface area contributed by atoms with Gasteiger partial charge in [0.05, 0.1) is 0 Å². The third kappa shape index (κ3) is 4.94. The molecule has 0 heterocycles. The molecule has 0 aliphatic heterocycles. The molecule has 0 aromatic rings. The second kappa shape index (κ2) is 6.38. The van der Waals surface area contributed by atoms with Crippen LogP contribution in [-0.2, 0) is 0 Å². The van der Waals surface area contributed by atoms with E-state index < -0.39 is 0 Å². The zero-order valence-corrected chi connectivity index (χ0v) is 9.63. The van der Waals surface area contributed by atoms with Crippen LogP contribution in [0.25, 0.3) is 0 Å². The number of hydrogen-bond acceptors (Lipinski definition) is 3. The van der Waals surface area contributed by atoms with E-state index in [1.54, 1.807) is 0 Å². The first-order chi connectivity index (χ1) is 6.68. The van der Waals surface area contributed by atoms with Gasteiger partial charge in [0.2, 0.25) is 0 Å². The van der Waals surface area contributed by atoms with Crippen LogP contribution in [0, 0.1) is 0 Å². The standard InChI is InChI=1S/C11H25N3/c1-14(2)9-3-8-13-11-6-4-10(12)5-7-11/h10-11,13H,3-9,12H2,1-2H3. The SMILES string of the molecule is CN(C)CCCNC1CCC(N)CC1. The zero-order chi connectivity index (χ0) is 10.4. The predicted octanol–water partition coefficient (Wildman–Crippen LogP) is 0.798. The van der Waals surface area contributed by atoms with E-state index in [1.165, 1.54) is 38.6 Å². The highest BCUT2D eigenvalue weighted by Crippen LogP contribution is 2.16. The summed E-state index contributed by atoms with van der Waals surface area (Å²) in [4.78, 5) is 2.23. The highest BCUT2D eigenvalue weighted by atomic mass is 15.1. The lowest BCUT2D eigenvalue weighted by Gasteiger charge is -2.27. The predicted molar refractivity (Wildman–Crippen MR) is 61.4 cm³/mol. The van der Waals surface area contributed by atoms with Crippen molar-refractivity contribution in [3.8, 4) is 0 Å². The average Bonchev–Trinajstić information content (AvgIpc) is 2.15. The van der Waals surface area contributed by atoms with Gasteiger partial charge in [0, 0.05) is 12.1 Å². The summed E-state index contributed by atoms with van der Waals surface area (Å²) in [5.74, 6) is 0. The summed E-state index contributed by atoms with van der Waals surface area (Å²) in [5, 5.41) is 3.62. The molecule has 3 heteroatoms. The Morgan fingerprint density at radius 1 is 1.21 bits per heavy atom. The molecule has 14 heavy (non-hydrogen) atoms. The van der Waals surface area contributed by atoms with Crippen LogP contribution in [0.5, 0.6) is 0 Å². The van der Waals surface area contributed by atoms with Crippen LogP contribution < -0.4 is 11.1 Å². The van der Waals surface area contributed by atoms with Crippen molar-refractivity contribution in [2.45, 2.75) is 44.2 Å². The molecule has 1 rings (SSSR count). The van der Waals surface area contributed by atoms with Gasteiger partial charge in [-0.25, -0.2) is 0 Å². The van der Waals surface area contributed by atoms with Gasteiger partial charge in [-0.05, 0) is 59.3 Å². The molecule has 3 N–H and O–H groups in total. The first-order valence-corrected chi connectivity index (χ1v) is 5.82. The Bertz CT molecular complexity index is 139. The van der Waals surface area contributed by atoms with E-state index in [4.69, 9.17) is 5.73 Å². The van der Waals surface area contributed by atoms with Crippen molar-refractivity contribution in [2.24, 2.45) is 5.73 Å². The fourth-order valence-electron chi connectivity index (χ4n) is 2.02. The van der Waals surface area contributed by atoms with Crippen molar-refractivity contribution in [2.75, 3.05) is 27.2 Å². The highest BCUT2D eigenvalue weighted by molar-refractivity contribution is 4.78. The molecule has 0 amide bonds. The quantitative estimate of drug-likeness (QED) is 0.644. The van der Waals surface area contributed by atoms with Crippen LogP contribution in [0.1, 0.15) is 32.1 Å². The summed E-state index contributed by atoms with van der Waals surface area (Å²) in [6, 6.07) is 1.20. The summed E-state index contributed by atoms with van der Waals surface area (Å²) in [5.41, 5.74) is 5.86. The molecule has 1 aliphatic carbocycles. The van der Waals surface area contributed by atoms with Gasteiger partial charge in [-0.1, -0.05) is 0 Å². The zero-order valence-electron chi connectivity index (χ0n) is 9.63. The largest absolute Gasteiger partial charge is 0.328 e. The van der Waals surface area contributed by atoms with E-state index in [0.29, 0.717) is 6.04 Å². The van der Waals surface area contributed by atoms with Gasteiger partial charge in [-0.3, -0.25) is 0 Å². The van der Waals surface area contributed by atoms with E-state index in [1.807, 2.05) is 0 Å². The molecular weight excluding hydrogens is 174 g/mol. The van der Waals surface area contributed by atoms with Crippen molar-refractivity contribution in [1.29, 1.82) is 0 Å². The molecule has 84 valence electrons. The molecule has 0 radical (unpaired) electrons. The Hall–Kier alpha value is -0.120. The van der Waals surface area contributed by atoms with Crippen LogP contribution in [-0.4, -0.2) is 44.2 Å². The maximum Gasteiger partial charge on any atom is 0.00682 e. The molecule has 0 bridgehead atoms. The summed E-state index contributed by atoms with van der Waals surface area (Å²) >= 11 is 0. The number of nitrogens with one attached hydrogen (secondary N) is 1. The van der Waals surface area contributed by atoms with E-state index in [0.717, 1.165) is 12.6 Å². The van der Waals surface area contributed by atoms with E-state index in [9.17, 15) is 0 Å².